The number of rotatable bonds is 3. The van der Waals surface area contributed by atoms with Gasteiger partial charge in [0.2, 0.25) is 0 Å². The van der Waals surface area contributed by atoms with Crippen LogP contribution in [-0.4, -0.2) is 22.6 Å². The van der Waals surface area contributed by atoms with E-state index in [4.69, 9.17) is 5.73 Å². The van der Waals surface area contributed by atoms with Gasteiger partial charge >= 0.3 is 0 Å². The molecule has 2 atom stereocenters. The van der Waals surface area contributed by atoms with Crippen molar-refractivity contribution >= 4 is 23.0 Å². The largest absolute Gasteiger partial charge is 0.393 e. The van der Waals surface area contributed by atoms with Crippen molar-refractivity contribution in [2.75, 3.05) is 22.5 Å². The van der Waals surface area contributed by atoms with Gasteiger partial charge in [0.1, 0.15) is 12.0 Å². The highest BCUT2D eigenvalue weighted by Crippen LogP contribution is 2.54. The predicted molar refractivity (Wildman–Crippen MR) is 103 cm³/mol. The second-order valence-electron chi connectivity index (χ2n) is 8.79. The van der Waals surface area contributed by atoms with E-state index in [2.05, 4.69) is 41.0 Å². The van der Waals surface area contributed by atoms with E-state index in [9.17, 15) is 0 Å². The topological polar surface area (TPSA) is 67.1 Å². The number of nitrogens with one attached hydrogen (secondary N) is 1. The average molecular weight is 337 g/mol. The van der Waals surface area contributed by atoms with Gasteiger partial charge < -0.3 is 16.0 Å². The summed E-state index contributed by atoms with van der Waals surface area (Å²) in [5, 5.41) is 3.32. The van der Waals surface area contributed by atoms with E-state index in [1.165, 1.54) is 19.3 Å². The van der Waals surface area contributed by atoms with Crippen molar-refractivity contribution in [3.63, 3.8) is 0 Å². The molecular weight excluding hydrogens is 310 g/mol. The number of benzene rings is 1. The maximum Gasteiger partial charge on any atom is 0.159 e. The van der Waals surface area contributed by atoms with Crippen LogP contribution < -0.4 is 16.0 Å². The van der Waals surface area contributed by atoms with Crippen molar-refractivity contribution in [2.45, 2.75) is 46.1 Å². The molecule has 25 heavy (non-hydrogen) atoms. The molecule has 1 aliphatic carbocycles. The lowest BCUT2D eigenvalue weighted by Crippen LogP contribution is -2.35. The molecule has 5 heteroatoms. The van der Waals surface area contributed by atoms with Crippen molar-refractivity contribution in [1.29, 1.82) is 0 Å². The van der Waals surface area contributed by atoms with Crippen molar-refractivity contribution in [3.8, 4) is 0 Å². The summed E-state index contributed by atoms with van der Waals surface area (Å²) < 4.78 is 0. The molecule has 0 spiro atoms. The maximum absolute atomic E-state index is 6.48. The van der Waals surface area contributed by atoms with Crippen molar-refractivity contribution in [2.24, 2.45) is 10.8 Å². The first-order valence-corrected chi connectivity index (χ1v) is 9.05. The van der Waals surface area contributed by atoms with Gasteiger partial charge in [0.15, 0.2) is 11.6 Å². The van der Waals surface area contributed by atoms with Crippen molar-refractivity contribution in [3.05, 3.63) is 36.7 Å². The quantitative estimate of drug-likeness (QED) is 0.878. The molecule has 2 aromatic rings. The molecule has 0 amide bonds. The molecule has 132 valence electrons. The second-order valence-corrected chi connectivity index (χ2v) is 8.79. The highest BCUT2D eigenvalue weighted by Gasteiger charge is 2.50. The highest BCUT2D eigenvalue weighted by atomic mass is 15.3. The molecule has 2 aliphatic rings. The Labute approximate surface area is 149 Å². The number of nitrogens with zero attached hydrogens (tertiary/aromatic N) is 3. The van der Waals surface area contributed by atoms with Crippen LogP contribution in [-0.2, 0) is 0 Å². The summed E-state index contributed by atoms with van der Waals surface area (Å²) in [4.78, 5) is 11.3. The molecule has 1 aliphatic heterocycles. The van der Waals surface area contributed by atoms with E-state index in [1.54, 1.807) is 6.33 Å². The summed E-state index contributed by atoms with van der Waals surface area (Å²) in [5.41, 5.74) is 8.81. The third kappa shape index (κ3) is 3.03. The van der Waals surface area contributed by atoms with Gasteiger partial charge in [-0.1, -0.05) is 39.0 Å². The SMILES string of the molecule is CC1(C)CC2CC(C)(CN2c2ncnc(Nc3ccccc3)c2N)C1. The lowest BCUT2D eigenvalue weighted by Gasteiger charge is -2.39. The Morgan fingerprint density at radius 3 is 2.64 bits per heavy atom. The fourth-order valence-electron chi connectivity index (χ4n) is 5.08. The number of hydrogen-bond donors (Lipinski definition) is 2. The van der Waals surface area contributed by atoms with Gasteiger partial charge in [-0.05, 0) is 42.2 Å². The van der Waals surface area contributed by atoms with Crippen LogP contribution in [0, 0.1) is 10.8 Å². The summed E-state index contributed by atoms with van der Waals surface area (Å²) in [6.07, 6.45) is 5.29. The number of aromatic nitrogens is 2. The van der Waals surface area contributed by atoms with Gasteiger partial charge in [0, 0.05) is 18.3 Å². The average Bonchev–Trinajstić information content (AvgIpc) is 2.79. The summed E-state index contributed by atoms with van der Waals surface area (Å²) in [6.45, 7) is 8.19. The van der Waals surface area contributed by atoms with Crippen LogP contribution in [0.4, 0.5) is 23.0 Å². The molecule has 3 N–H and O–H groups in total. The van der Waals surface area contributed by atoms with E-state index in [1.807, 2.05) is 30.3 Å². The fourth-order valence-corrected chi connectivity index (χ4v) is 5.08. The molecule has 2 unspecified atom stereocenters. The third-order valence-electron chi connectivity index (χ3n) is 5.59. The van der Waals surface area contributed by atoms with Crippen LogP contribution in [0.2, 0.25) is 0 Å². The second kappa shape index (κ2) is 5.61. The lowest BCUT2D eigenvalue weighted by molar-refractivity contribution is 0.136. The van der Waals surface area contributed by atoms with E-state index in [0.29, 0.717) is 28.4 Å². The van der Waals surface area contributed by atoms with Gasteiger partial charge in [-0.2, -0.15) is 0 Å². The zero-order chi connectivity index (χ0) is 17.7. The molecule has 1 saturated heterocycles. The first-order chi connectivity index (χ1) is 11.9. The standard InChI is InChI=1S/C20H27N5/c1-19(2)9-15-10-20(3,11-19)12-25(15)18-16(21)17(22-13-23-18)24-14-7-5-4-6-8-14/h4-8,13,15H,9-12,21H2,1-3H3,(H,22,23,24). The van der Waals surface area contributed by atoms with Gasteiger partial charge in [-0.3, -0.25) is 0 Å². The minimum absolute atomic E-state index is 0.344. The summed E-state index contributed by atoms with van der Waals surface area (Å²) in [7, 11) is 0. The fraction of sp³-hybridized carbons (Fsp3) is 0.500. The Morgan fingerprint density at radius 1 is 1.12 bits per heavy atom. The molecule has 5 nitrogen and oxygen atoms in total. The Bertz CT molecular complexity index is 773. The molecule has 2 heterocycles. The van der Waals surface area contributed by atoms with Crippen LogP contribution in [0.5, 0.6) is 0 Å². The number of hydrogen-bond acceptors (Lipinski definition) is 5. The monoisotopic (exact) mass is 337 g/mol. The first-order valence-electron chi connectivity index (χ1n) is 9.05. The van der Waals surface area contributed by atoms with Gasteiger partial charge in [0.25, 0.3) is 0 Å². The minimum atomic E-state index is 0.344. The summed E-state index contributed by atoms with van der Waals surface area (Å²) in [5.74, 6) is 1.56. The van der Waals surface area contributed by atoms with Gasteiger partial charge in [0.05, 0.1) is 0 Å². The lowest BCUT2D eigenvalue weighted by atomic mass is 9.65. The van der Waals surface area contributed by atoms with Crippen LogP contribution in [0.1, 0.15) is 40.0 Å². The van der Waals surface area contributed by atoms with E-state index < -0.39 is 0 Å². The highest BCUT2D eigenvalue weighted by molar-refractivity contribution is 5.78. The van der Waals surface area contributed by atoms with Crippen LogP contribution in [0.15, 0.2) is 36.7 Å². The normalized spacial score (nSPS) is 27.3. The predicted octanol–water partition coefficient (Wildman–Crippen LogP) is 4.21. The third-order valence-corrected chi connectivity index (χ3v) is 5.59. The molecule has 2 fully saturated rings. The Hall–Kier alpha value is -2.30. The van der Waals surface area contributed by atoms with Crippen LogP contribution >= 0.6 is 0 Å². The van der Waals surface area contributed by atoms with Crippen LogP contribution in [0.3, 0.4) is 0 Å². The van der Waals surface area contributed by atoms with Crippen molar-refractivity contribution < 1.29 is 0 Å². The molecule has 1 aromatic carbocycles. The minimum Gasteiger partial charge on any atom is -0.393 e. The number of nitrogens with two attached hydrogens (primary N) is 1. The van der Waals surface area contributed by atoms with Crippen LogP contribution in [0.25, 0.3) is 0 Å². The number of para-hydroxylation sites is 1. The van der Waals surface area contributed by atoms with Crippen molar-refractivity contribution in [1.82, 2.24) is 9.97 Å². The summed E-state index contributed by atoms with van der Waals surface area (Å²) in [6, 6.07) is 10.5. The molecular formula is C20H27N5. The molecule has 1 saturated carbocycles. The molecule has 2 bridgehead atoms. The van der Waals surface area contributed by atoms with E-state index in [0.717, 1.165) is 18.1 Å². The maximum atomic E-state index is 6.48. The Kier molecular flexibility index (Phi) is 3.63. The number of fused-ring (bicyclic) bond motifs is 2. The Morgan fingerprint density at radius 2 is 1.88 bits per heavy atom. The molecule has 4 rings (SSSR count). The van der Waals surface area contributed by atoms with Gasteiger partial charge in [-0.15, -0.1) is 0 Å². The van der Waals surface area contributed by atoms with E-state index in [-0.39, 0.29) is 0 Å². The van der Waals surface area contributed by atoms with Gasteiger partial charge in [-0.25, -0.2) is 9.97 Å². The number of nitrogen functional groups attached to an aromatic ring is 1. The number of anilines is 4. The zero-order valence-corrected chi connectivity index (χ0v) is 15.3. The molecule has 0 radical (unpaired) electrons. The smallest absolute Gasteiger partial charge is 0.159 e. The zero-order valence-electron chi connectivity index (χ0n) is 15.3. The summed E-state index contributed by atoms with van der Waals surface area (Å²) >= 11 is 0. The molecule has 1 aromatic heterocycles. The van der Waals surface area contributed by atoms with E-state index >= 15 is 0 Å². The Balaban J connectivity index is 1.65. The first kappa shape index (κ1) is 16.2.